The molecule has 0 saturated heterocycles. The monoisotopic (exact) mass is 273 g/mol. The quantitative estimate of drug-likeness (QED) is 0.857. The number of H-pyrrole nitrogens is 1. The molecule has 6 nitrogen and oxygen atoms in total. The Hall–Kier alpha value is -2.08. The summed E-state index contributed by atoms with van der Waals surface area (Å²) in [4.78, 5) is 27.1. The molecule has 6 heteroatoms. The third-order valence-electron chi connectivity index (χ3n) is 2.65. The first-order valence-corrected chi connectivity index (χ1v) is 6.64. The summed E-state index contributed by atoms with van der Waals surface area (Å²) >= 11 is 0. The van der Waals surface area contributed by atoms with Crippen LogP contribution < -0.4 is 10.9 Å². The van der Waals surface area contributed by atoms with Gasteiger partial charge >= 0.3 is 0 Å². The molecule has 2 aromatic heterocycles. The summed E-state index contributed by atoms with van der Waals surface area (Å²) in [6.45, 7) is 7.60. The smallest absolute Gasteiger partial charge is 0.251 e. The fraction of sp³-hybridized carbons (Fsp3) is 0.429. The molecule has 0 aliphatic rings. The molecule has 2 heterocycles. The molecule has 20 heavy (non-hydrogen) atoms. The van der Waals surface area contributed by atoms with Gasteiger partial charge in [0.25, 0.3) is 5.56 Å². The molecule has 2 N–H and O–H groups in total. The van der Waals surface area contributed by atoms with Crippen molar-refractivity contribution < 1.29 is 0 Å². The van der Waals surface area contributed by atoms with Gasteiger partial charge in [0.15, 0.2) is 11.6 Å². The average Bonchev–Trinajstić information content (AvgIpc) is 2.38. The predicted molar refractivity (Wildman–Crippen MR) is 77.2 cm³/mol. The lowest BCUT2D eigenvalue weighted by atomic mass is 10.2. The van der Waals surface area contributed by atoms with Gasteiger partial charge in [0, 0.05) is 25.0 Å². The first kappa shape index (κ1) is 14.3. The van der Waals surface area contributed by atoms with Gasteiger partial charge in [-0.3, -0.25) is 4.79 Å². The maximum absolute atomic E-state index is 11.7. The molecule has 0 aromatic carbocycles. The minimum Gasteiger partial charge on any atom is -0.311 e. The van der Waals surface area contributed by atoms with Crippen LogP contribution in [0.25, 0.3) is 11.6 Å². The molecule has 0 saturated carbocycles. The lowest BCUT2D eigenvalue weighted by Gasteiger charge is -2.07. The summed E-state index contributed by atoms with van der Waals surface area (Å²) in [6, 6.07) is 1.49. The van der Waals surface area contributed by atoms with Gasteiger partial charge in [0.1, 0.15) is 0 Å². The molecule has 0 atom stereocenters. The molecule has 0 unspecified atom stereocenters. The minimum atomic E-state index is -0.194. The third-order valence-corrected chi connectivity index (χ3v) is 2.65. The summed E-state index contributed by atoms with van der Waals surface area (Å²) in [7, 11) is 0. The number of nitrogens with one attached hydrogen (secondary N) is 2. The number of nitrogens with zero attached hydrogens (tertiary/aromatic N) is 3. The van der Waals surface area contributed by atoms with Crippen molar-refractivity contribution in [1.82, 2.24) is 25.3 Å². The second kappa shape index (κ2) is 6.38. The second-order valence-electron chi connectivity index (χ2n) is 5.19. The van der Waals surface area contributed by atoms with Crippen molar-refractivity contribution in [3.8, 4) is 11.6 Å². The Labute approximate surface area is 117 Å². The SMILES string of the molecule is Cc1cnc(-c2nc(CNCC(C)C)cc(=O)[nH]2)nc1. The second-order valence-corrected chi connectivity index (χ2v) is 5.19. The van der Waals surface area contributed by atoms with Crippen molar-refractivity contribution in [1.29, 1.82) is 0 Å². The largest absolute Gasteiger partial charge is 0.311 e. The van der Waals surface area contributed by atoms with Gasteiger partial charge in [-0.15, -0.1) is 0 Å². The van der Waals surface area contributed by atoms with Crippen molar-refractivity contribution in [2.24, 2.45) is 5.92 Å². The van der Waals surface area contributed by atoms with Gasteiger partial charge in [0.05, 0.1) is 5.69 Å². The summed E-state index contributed by atoms with van der Waals surface area (Å²) in [5, 5.41) is 3.26. The van der Waals surface area contributed by atoms with E-state index >= 15 is 0 Å². The highest BCUT2D eigenvalue weighted by molar-refractivity contribution is 5.42. The van der Waals surface area contributed by atoms with E-state index < -0.39 is 0 Å². The molecular formula is C14H19N5O. The number of hydrogen-bond donors (Lipinski definition) is 2. The van der Waals surface area contributed by atoms with E-state index in [9.17, 15) is 4.79 Å². The van der Waals surface area contributed by atoms with Crippen LogP contribution in [0.4, 0.5) is 0 Å². The summed E-state index contributed by atoms with van der Waals surface area (Å²) in [6.07, 6.45) is 3.40. The maximum atomic E-state index is 11.7. The van der Waals surface area contributed by atoms with Crippen LogP contribution in [0.5, 0.6) is 0 Å². The molecule has 0 bridgehead atoms. The number of aryl methyl sites for hydroxylation is 1. The van der Waals surface area contributed by atoms with Gasteiger partial charge in [-0.25, -0.2) is 15.0 Å². The van der Waals surface area contributed by atoms with Crippen molar-refractivity contribution in [2.75, 3.05) is 6.54 Å². The standard InChI is InChI=1S/C14H19N5O/c1-9(2)5-15-8-11-4-12(20)19-14(18-11)13-16-6-10(3)7-17-13/h4,6-7,9,15H,5,8H2,1-3H3,(H,18,19,20). The van der Waals surface area contributed by atoms with Crippen LogP contribution in [0.15, 0.2) is 23.3 Å². The van der Waals surface area contributed by atoms with Crippen LogP contribution in [0.1, 0.15) is 25.1 Å². The third kappa shape index (κ3) is 3.96. The molecule has 0 radical (unpaired) electrons. The van der Waals surface area contributed by atoms with E-state index in [0.29, 0.717) is 29.8 Å². The Balaban J connectivity index is 2.20. The molecule has 0 amide bonds. The van der Waals surface area contributed by atoms with Crippen LogP contribution in [0.2, 0.25) is 0 Å². The summed E-state index contributed by atoms with van der Waals surface area (Å²) in [5.41, 5.74) is 1.46. The van der Waals surface area contributed by atoms with Gasteiger partial charge < -0.3 is 10.3 Å². The van der Waals surface area contributed by atoms with E-state index in [1.165, 1.54) is 6.07 Å². The van der Waals surface area contributed by atoms with Crippen LogP contribution in [0, 0.1) is 12.8 Å². The average molecular weight is 273 g/mol. The van der Waals surface area contributed by atoms with E-state index in [-0.39, 0.29) is 5.56 Å². The van der Waals surface area contributed by atoms with Crippen molar-refractivity contribution in [2.45, 2.75) is 27.3 Å². The number of hydrogen-bond acceptors (Lipinski definition) is 5. The summed E-state index contributed by atoms with van der Waals surface area (Å²) in [5.74, 6) is 1.38. The Kier molecular flexibility index (Phi) is 4.57. The van der Waals surface area contributed by atoms with Crippen LogP contribution in [-0.4, -0.2) is 26.5 Å². The minimum absolute atomic E-state index is 0.194. The normalized spacial score (nSPS) is 11.0. The molecule has 106 valence electrons. The number of rotatable bonds is 5. The van der Waals surface area contributed by atoms with E-state index in [1.807, 2.05) is 6.92 Å². The maximum Gasteiger partial charge on any atom is 0.251 e. The van der Waals surface area contributed by atoms with Gasteiger partial charge in [-0.1, -0.05) is 13.8 Å². The first-order chi connectivity index (χ1) is 9.54. The molecule has 0 fully saturated rings. The molecule has 0 aliphatic heterocycles. The number of aromatic amines is 1. The fourth-order valence-electron chi connectivity index (χ4n) is 1.71. The molecule has 0 spiro atoms. The zero-order valence-corrected chi connectivity index (χ0v) is 12.0. The van der Waals surface area contributed by atoms with E-state index in [4.69, 9.17) is 0 Å². The number of aromatic nitrogens is 4. The van der Waals surface area contributed by atoms with Crippen molar-refractivity contribution >= 4 is 0 Å². The lowest BCUT2D eigenvalue weighted by Crippen LogP contribution is -2.21. The van der Waals surface area contributed by atoms with Gasteiger partial charge in [-0.05, 0) is 24.9 Å². The zero-order chi connectivity index (χ0) is 14.5. The van der Waals surface area contributed by atoms with Gasteiger partial charge in [0.2, 0.25) is 0 Å². The van der Waals surface area contributed by atoms with Crippen molar-refractivity contribution in [3.63, 3.8) is 0 Å². The molecular weight excluding hydrogens is 254 g/mol. The molecule has 0 aliphatic carbocycles. The Morgan fingerprint density at radius 1 is 1.30 bits per heavy atom. The van der Waals surface area contributed by atoms with Crippen LogP contribution >= 0.6 is 0 Å². The van der Waals surface area contributed by atoms with E-state index in [1.54, 1.807) is 12.4 Å². The lowest BCUT2D eigenvalue weighted by molar-refractivity contribution is 0.548. The topological polar surface area (TPSA) is 83.6 Å². The van der Waals surface area contributed by atoms with E-state index in [2.05, 4.69) is 39.1 Å². The van der Waals surface area contributed by atoms with Gasteiger partial charge in [-0.2, -0.15) is 0 Å². The van der Waals surface area contributed by atoms with E-state index in [0.717, 1.165) is 12.1 Å². The van der Waals surface area contributed by atoms with Crippen LogP contribution in [-0.2, 0) is 6.54 Å². The van der Waals surface area contributed by atoms with Crippen molar-refractivity contribution in [3.05, 3.63) is 40.1 Å². The molecule has 2 aromatic rings. The fourth-order valence-corrected chi connectivity index (χ4v) is 1.71. The Bertz CT molecular complexity index is 618. The van der Waals surface area contributed by atoms with Crippen LogP contribution in [0.3, 0.4) is 0 Å². The highest BCUT2D eigenvalue weighted by Crippen LogP contribution is 2.07. The highest BCUT2D eigenvalue weighted by Gasteiger charge is 2.06. The summed E-state index contributed by atoms with van der Waals surface area (Å²) < 4.78 is 0. The highest BCUT2D eigenvalue weighted by atomic mass is 16.1. The zero-order valence-electron chi connectivity index (χ0n) is 12.0. The Morgan fingerprint density at radius 3 is 2.65 bits per heavy atom. The molecule has 2 rings (SSSR count). The first-order valence-electron chi connectivity index (χ1n) is 6.64. The Morgan fingerprint density at radius 2 is 2.00 bits per heavy atom. The predicted octanol–water partition coefficient (Wildman–Crippen LogP) is 1.28.